The number of hydrogen-bond acceptors (Lipinski definition) is 3. The van der Waals surface area contributed by atoms with E-state index < -0.39 is 8.32 Å². The molecule has 1 rings (SSSR count). The molecular weight excluding hydrogens is 268 g/mol. The fourth-order valence-electron chi connectivity index (χ4n) is 1.57. The molecule has 0 aromatic heterocycles. The molecular formula is C16H26O3Si. The van der Waals surface area contributed by atoms with Crippen LogP contribution in [-0.2, 0) is 4.43 Å². The van der Waals surface area contributed by atoms with Crippen LogP contribution in [0.25, 0.3) is 0 Å². The van der Waals surface area contributed by atoms with Crippen molar-refractivity contribution in [2.45, 2.75) is 51.9 Å². The Morgan fingerprint density at radius 3 is 2.20 bits per heavy atom. The topological polar surface area (TPSA) is 35.5 Å². The van der Waals surface area contributed by atoms with E-state index in [1.54, 1.807) is 12.1 Å². The molecule has 0 aliphatic rings. The van der Waals surface area contributed by atoms with Crippen LogP contribution < -0.4 is 4.74 Å². The zero-order chi connectivity index (χ0) is 15.4. The minimum atomic E-state index is -1.75. The van der Waals surface area contributed by atoms with Gasteiger partial charge in [-0.05, 0) is 49.3 Å². The van der Waals surface area contributed by atoms with Crippen LogP contribution in [0.4, 0.5) is 0 Å². The van der Waals surface area contributed by atoms with E-state index in [1.165, 1.54) is 0 Å². The molecule has 0 heterocycles. The van der Waals surface area contributed by atoms with Crippen molar-refractivity contribution in [3.63, 3.8) is 0 Å². The number of aldehydes is 1. The van der Waals surface area contributed by atoms with Gasteiger partial charge in [0.15, 0.2) is 8.32 Å². The van der Waals surface area contributed by atoms with E-state index in [0.29, 0.717) is 12.2 Å². The van der Waals surface area contributed by atoms with Gasteiger partial charge >= 0.3 is 0 Å². The van der Waals surface area contributed by atoms with Crippen LogP contribution in [0, 0.1) is 0 Å². The first-order valence-electron chi connectivity index (χ1n) is 7.01. The van der Waals surface area contributed by atoms with E-state index in [2.05, 4.69) is 33.9 Å². The van der Waals surface area contributed by atoms with Crippen molar-refractivity contribution >= 4 is 14.6 Å². The first kappa shape index (κ1) is 16.9. The predicted octanol–water partition coefficient (Wildman–Crippen LogP) is 4.29. The molecule has 0 aliphatic carbocycles. The lowest BCUT2D eigenvalue weighted by atomic mass is 10.2. The Morgan fingerprint density at radius 2 is 1.75 bits per heavy atom. The monoisotopic (exact) mass is 294 g/mol. The molecule has 0 bridgehead atoms. The molecule has 0 radical (unpaired) electrons. The highest BCUT2D eigenvalue weighted by atomic mass is 28.4. The maximum Gasteiger partial charge on any atom is 0.192 e. The highest BCUT2D eigenvalue weighted by Gasteiger charge is 2.38. The summed E-state index contributed by atoms with van der Waals surface area (Å²) in [6.45, 7) is 13.7. The molecule has 0 spiro atoms. The molecule has 4 heteroatoms. The van der Waals surface area contributed by atoms with Crippen molar-refractivity contribution in [3.8, 4) is 5.75 Å². The van der Waals surface area contributed by atoms with Gasteiger partial charge in [-0.2, -0.15) is 0 Å². The van der Waals surface area contributed by atoms with Crippen LogP contribution in [0.15, 0.2) is 24.3 Å². The van der Waals surface area contributed by atoms with Crippen molar-refractivity contribution < 1.29 is 14.0 Å². The molecule has 0 N–H and O–H groups in total. The number of carbonyl (C=O) groups excluding carboxylic acids is 1. The third kappa shape index (κ3) is 4.76. The van der Waals surface area contributed by atoms with Gasteiger partial charge in [0.25, 0.3) is 0 Å². The van der Waals surface area contributed by atoms with Gasteiger partial charge in [-0.3, -0.25) is 4.79 Å². The normalized spacial score (nSPS) is 13.9. The Labute approximate surface area is 123 Å². The van der Waals surface area contributed by atoms with Crippen LogP contribution in [0.1, 0.15) is 38.1 Å². The molecule has 1 aromatic rings. The standard InChI is InChI=1S/C16H26O3Si/c1-13(19-20(5,6)16(2,3)4)12-18-15-9-7-14(11-17)8-10-15/h7-11,13H,12H2,1-6H3. The van der Waals surface area contributed by atoms with Gasteiger partial charge in [0.1, 0.15) is 18.6 Å². The average molecular weight is 294 g/mol. The quantitative estimate of drug-likeness (QED) is 0.580. The van der Waals surface area contributed by atoms with Crippen LogP contribution in [0.3, 0.4) is 0 Å². The van der Waals surface area contributed by atoms with Gasteiger partial charge in [-0.15, -0.1) is 0 Å². The molecule has 112 valence electrons. The summed E-state index contributed by atoms with van der Waals surface area (Å²) in [7, 11) is -1.75. The Kier molecular flexibility index (Phi) is 5.54. The third-order valence-electron chi connectivity index (χ3n) is 3.80. The van der Waals surface area contributed by atoms with Crippen LogP contribution >= 0.6 is 0 Å². The highest BCUT2D eigenvalue weighted by Crippen LogP contribution is 2.37. The number of carbonyl (C=O) groups is 1. The smallest absolute Gasteiger partial charge is 0.192 e. The molecule has 1 unspecified atom stereocenters. The minimum absolute atomic E-state index is 0.0571. The third-order valence-corrected chi connectivity index (χ3v) is 8.41. The fraction of sp³-hybridized carbons (Fsp3) is 0.562. The summed E-state index contributed by atoms with van der Waals surface area (Å²) in [4.78, 5) is 10.6. The second kappa shape index (κ2) is 6.55. The van der Waals surface area contributed by atoms with Gasteiger partial charge in [0, 0.05) is 5.56 Å². The fourth-order valence-corrected chi connectivity index (χ4v) is 3.00. The first-order chi connectivity index (χ1) is 9.15. The molecule has 1 atom stereocenters. The summed E-state index contributed by atoms with van der Waals surface area (Å²) in [5.74, 6) is 0.765. The summed E-state index contributed by atoms with van der Waals surface area (Å²) < 4.78 is 11.9. The summed E-state index contributed by atoms with van der Waals surface area (Å²) >= 11 is 0. The summed E-state index contributed by atoms with van der Waals surface area (Å²) in [5, 5.41) is 0.201. The summed E-state index contributed by atoms with van der Waals surface area (Å²) in [6.07, 6.45) is 0.883. The predicted molar refractivity (Wildman–Crippen MR) is 85.1 cm³/mol. The number of rotatable bonds is 6. The lowest BCUT2D eigenvalue weighted by Crippen LogP contribution is -2.44. The van der Waals surface area contributed by atoms with E-state index in [0.717, 1.165) is 12.0 Å². The molecule has 0 amide bonds. The zero-order valence-corrected chi connectivity index (χ0v) is 14.4. The Morgan fingerprint density at radius 1 is 1.20 bits per heavy atom. The number of benzene rings is 1. The van der Waals surface area contributed by atoms with Gasteiger partial charge in [0.2, 0.25) is 0 Å². The van der Waals surface area contributed by atoms with E-state index in [-0.39, 0.29) is 11.1 Å². The Balaban J connectivity index is 2.50. The largest absolute Gasteiger partial charge is 0.491 e. The SMILES string of the molecule is CC(COc1ccc(C=O)cc1)O[Si](C)(C)C(C)(C)C. The Bertz CT molecular complexity index is 432. The number of hydrogen-bond donors (Lipinski definition) is 0. The zero-order valence-electron chi connectivity index (χ0n) is 13.4. The van der Waals surface area contributed by atoms with E-state index in [9.17, 15) is 4.79 Å². The second-order valence-corrected chi connectivity index (χ2v) is 11.4. The molecule has 0 fully saturated rings. The van der Waals surface area contributed by atoms with Crippen molar-refractivity contribution in [3.05, 3.63) is 29.8 Å². The van der Waals surface area contributed by atoms with Crippen LogP contribution in [0.2, 0.25) is 18.1 Å². The van der Waals surface area contributed by atoms with Crippen molar-refractivity contribution in [1.29, 1.82) is 0 Å². The molecule has 1 aromatic carbocycles. The van der Waals surface area contributed by atoms with E-state index >= 15 is 0 Å². The highest BCUT2D eigenvalue weighted by molar-refractivity contribution is 6.74. The Hall–Kier alpha value is -1.13. The van der Waals surface area contributed by atoms with Gasteiger partial charge in [0.05, 0.1) is 6.10 Å². The lowest BCUT2D eigenvalue weighted by Gasteiger charge is -2.38. The summed E-state index contributed by atoms with van der Waals surface area (Å²) in [6, 6.07) is 7.12. The van der Waals surface area contributed by atoms with Crippen LogP contribution in [0.5, 0.6) is 5.75 Å². The van der Waals surface area contributed by atoms with Crippen molar-refractivity contribution in [2.75, 3.05) is 6.61 Å². The molecule has 0 saturated carbocycles. The molecule has 0 saturated heterocycles. The van der Waals surface area contributed by atoms with E-state index in [4.69, 9.17) is 9.16 Å². The maximum atomic E-state index is 10.6. The van der Waals surface area contributed by atoms with Crippen molar-refractivity contribution in [2.24, 2.45) is 0 Å². The van der Waals surface area contributed by atoms with Crippen LogP contribution in [-0.4, -0.2) is 27.3 Å². The molecule has 3 nitrogen and oxygen atoms in total. The van der Waals surface area contributed by atoms with Gasteiger partial charge < -0.3 is 9.16 Å². The first-order valence-corrected chi connectivity index (χ1v) is 9.92. The van der Waals surface area contributed by atoms with Gasteiger partial charge in [-0.1, -0.05) is 20.8 Å². The average Bonchev–Trinajstić information content (AvgIpc) is 2.35. The maximum absolute atomic E-state index is 10.6. The van der Waals surface area contributed by atoms with Gasteiger partial charge in [-0.25, -0.2) is 0 Å². The molecule has 0 aliphatic heterocycles. The van der Waals surface area contributed by atoms with Crippen molar-refractivity contribution in [1.82, 2.24) is 0 Å². The summed E-state index contributed by atoms with van der Waals surface area (Å²) in [5.41, 5.74) is 0.655. The number of ether oxygens (including phenoxy) is 1. The second-order valence-electron chi connectivity index (χ2n) is 6.69. The molecule has 20 heavy (non-hydrogen) atoms. The minimum Gasteiger partial charge on any atom is -0.491 e. The lowest BCUT2D eigenvalue weighted by molar-refractivity contribution is 0.112. The van der Waals surface area contributed by atoms with E-state index in [1.807, 2.05) is 19.1 Å².